The number of nitrogens with zero attached hydrogens (tertiary/aromatic N) is 1. The van der Waals surface area contributed by atoms with Crippen molar-refractivity contribution in [3.63, 3.8) is 0 Å². The topological polar surface area (TPSA) is 35.8 Å². The summed E-state index contributed by atoms with van der Waals surface area (Å²) in [7, 11) is 0. The first-order valence-corrected chi connectivity index (χ1v) is 7.15. The molecule has 0 spiro atoms. The molecular weight excluding hydrogens is 353 g/mol. The lowest BCUT2D eigenvalue weighted by atomic mass is 10.2. The highest BCUT2D eigenvalue weighted by Crippen LogP contribution is 2.33. The number of thiophene rings is 1. The monoisotopic (exact) mass is 360 g/mol. The largest absolute Gasteiger partial charge is 0.416 e. The zero-order valence-corrected chi connectivity index (χ0v) is 12.4. The van der Waals surface area contributed by atoms with Crippen LogP contribution in [-0.2, 0) is 12.7 Å². The Balaban J connectivity index is 2.13. The fourth-order valence-corrected chi connectivity index (χ4v) is 2.82. The van der Waals surface area contributed by atoms with Gasteiger partial charge < -0.3 is 5.32 Å². The molecule has 0 aliphatic carbocycles. The van der Waals surface area contributed by atoms with Gasteiger partial charge in [0, 0.05) is 27.0 Å². The minimum absolute atomic E-state index is 0.360. The van der Waals surface area contributed by atoms with Crippen LogP contribution in [0.3, 0.4) is 0 Å². The first-order valence-electron chi connectivity index (χ1n) is 5.47. The summed E-state index contributed by atoms with van der Waals surface area (Å²) in [4.78, 5) is 0.884. The molecule has 0 unspecified atom stereocenters. The second kappa shape index (κ2) is 5.85. The number of alkyl halides is 3. The van der Waals surface area contributed by atoms with Gasteiger partial charge >= 0.3 is 6.18 Å². The fraction of sp³-hybridized carbons (Fsp3) is 0.154. The smallest absolute Gasteiger partial charge is 0.380 e. The Morgan fingerprint density at radius 3 is 2.60 bits per heavy atom. The standard InChI is InChI=1S/C13H8BrF3N2S/c14-10-2-9(13(15,16)17)3-11(4-10)19-6-12-1-8(5-18)7-20-12/h1-4,7,19H,6H2. The first-order chi connectivity index (χ1) is 9.38. The van der Waals surface area contributed by atoms with E-state index in [2.05, 4.69) is 21.2 Å². The van der Waals surface area contributed by atoms with Crippen molar-refractivity contribution in [2.75, 3.05) is 5.32 Å². The van der Waals surface area contributed by atoms with Crippen LogP contribution in [0.5, 0.6) is 0 Å². The van der Waals surface area contributed by atoms with Crippen LogP contribution >= 0.6 is 27.3 Å². The molecule has 7 heteroatoms. The second-order valence-electron chi connectivity index (χ2n) is 3.99. The predicted octanol–water partition coefficient (Wildman–Crippen LogP) is 5.01. The predicted molar refractivity (Wildman–Crippen MR) is 75.5 cm³/mol. The van der Waals surface area contributed by atoms with E-state index in [0.717, 1.165) is 17.0 Å². The third kappa shape index (κ3) is 3.74. The van der Waals surface area contributed by atoms with Gasteiger partial charge in [0.2, 0.25) is 0 Å². The van der Waals surface area contributed by atoms with Crippen molar-refractivity contribution in [1.29, 1.82) is 5.26 Å². The van der Waals surface area contributed by atoms with Crippen LogP contribution in [0.4, 0.5) is 18.9 Å². The van der Waals surface area contributed by atoms with Crippen LogP contribution < -0.4 is 5.32 Å². The van der Waals surface area contributed by atoms with E-state index in [1.165, 1.54) is 11.3 Å². The Morgan fingerprint density at radius 1 is 1.25 bits per heavy atom. The van der Waals surface area contributed by atoms with E-state index in [1.54, 1.807) is 17.5 Å². The molecule has 0 amide bonds. The molecule has 0 saturated heterocycles. The van der Waals surface area contributed by atoms with Gasteiger partial charge in [-0.1, -0.05) is 15.9 Å². The number of anilines is 1. The molecule has 2 rings (SSSR count). The van der Waals surface area contributed by atoms with Gasteiger partial charge in [0.05, 0.1) is 11.1 Å². The number of hydrogen-bond acceptors (Lipinski definition) is 3. The molecule has 2 nitrogen and oxygen atoms in total. The molecule has 0 atom stereocenters. The lowest BCUT2D eigenvalue weighted by Crippen LogP contribution is -2.06. The van der Waals surface area contributed by atoms with Crippen molar-refractivity contribution in [2.24, 2.45) is 0 Å². The molecule has 1 N–H and O–H groups in total. The summed E-state index contributed by atoms with van der Waals surface area (Å²) in [5, 5.41) is 13.3. The van der Waals surface area contributed by atoms with Gasteiger partial charge in [0.1, 0.15) is 6.07 Å². The van der Waals surface area contributed by atoms with E-state index in [-0.39, 0.29) is 0 Å². The van der Waals surface area contributed by atoms with E-state index in [4.69, 9.17) is 5.26 Å². The maximum atomic E-state index is 12.7. The van der Waals surface area contributed by atoms with Gasteiger partial charge in [0.15, 0.2) is 0 Å². The summed E-state index contributed by atoms with van der Waals surface area (Å²) < 4.78 is 38.4. The number of rotatable bonds is 3. The van der Waals surface area contributed by atoms with Crippen molar-refractivity contribution in [3.05, 3.63) is 50.1 Å². The van der Waals surface area contributed by atoms with E-state index in [9.17, 15) is 13.2 Å². The zero-order chi connectivity index (χ0) is 14.8. The molecule has 1 heterocycles. The molecule has 1 aromatic carbocycles. The highest BCUT2D eigenvalue weighted by molar-refractivity contribution is 9.10. The molecule has 0 bridgehead atoms. The molecule has 20 heavy (non-hydrogen) atoms. The number of hydrogen-bond donors (Lipinski definition) is 1. The highest BCUT2D eigenvalue weighted by Gasteiger charge is 2.31. The number of benzene rings is 1. The molecule has 0 fully saturated rings. The third-order valence-corrected chi connectivity index (χ3v) is 3.87. The lowest BCUT2D eigenvalue weighted by molar-refractivity contribution is -0.137. The average Bonchev–Trinajstić information content (AvgIpc) is 2.82. The third-order valence-electron chi connectivity index (χ3n) is 2.47. The van der Waals surface area contributed by atoms with Gasteiger partial charge in [-0.15, -0.1) is 11.3 Å². The summed E-state index contributed by atoms with van der Waals surface area (Å²) >= 11 is 4.45. The van der Waals surface area contributed by atoms with E-state index in [1.807, 2.05) is 6.07 Å². The summed E-state index contributed by atoms with van der Waals surface area (Å²) in [6.07, 6.45) is -4.38. The SMILES string of the molecule is N#Cc1csc(CNc2cc(Br)cc(C(F)(F)F)c2)c1. The van der Waals surface area contributed by atoms with E-state index >= 15 is 0 Å². The Morgan fingerprint density at radius 2 is 2.00 bits per heavy atom. The van der Waals surface area contributed by atoms with Gasteiger partial charge in [-0.2, -0.15) is 18.4 Å². The molecule has 0 aliphatic heterocycles. The summed E-state index contributed by atoms with van der Waals surface area (Å²) in [5.41, 5.74) is 0.217. The molecule has 0 aliphatic rings. The minimum atomic E-state index is -4.38. The van der Waals surface area contributed by atoms with Crippen LogP contribution in [0.25, 0.3) is 0 Å². The van der Waals surface area contributed by atoms with Crippen LogP contribution in [0, 0.1) is 11.3 Å². The normalized spacial score (nSPS) is 11.2. The van der Waals surface area contributed by atoms with Gasteiger partial charge in [-0.3, -0.25) is 0 Å². The Bertz CT molecular complexity index is 658. The van der Waals surface area contributed by atoms with Gasteiger partial charge in [-0.25, -0.2) is 0 Å². The van der Waals surface area contributed by atoms with E-state index < -0.39 is 11.7 Å². The van der Waals surface area contributed by atoms with Gasteiger partial charge in [0.25, 0.3) is 0 Å². The second-order valence-corrected chi connectivity index (χ2v) is 5.90. The summed E-state index contributed by atoms with van der Waals surface area (Å²) in [6, 6.07) is 7.39. The lowest BCUT2D eigenvalue weighted by Gasteiger charge is -2.11. The van der Waals surface area contributed by atoms with Gasteiger partial charge in [-0.05, 0) is 24.3 Å². The fourth-order valence-electron chi connectivity index (χ4n) is 1.58. The molecule has 104 valence electrons. The molecule has 0 saturated carbocycles. The summed E-state index contributed by atoms with van der Waals surface area (Å²) in [5.74, 6) is 0. The maximum absolute atomic E-state index is 12.7. The van der Waals surface area contributed by atoms with Crippen molar-refractivity contribution < 1.29 is 13.2 Å². The highest BCUT2D eigenvalue weighted by atomic mass is 79.9. The Kier molecular flexibility index (Phi) is 4.35. The molecule has 1 aromatic heterocycles. The molecule has 0 radical (unpaired) electrons. The number of nitriles is 1. The quantitative estimate of drug-likeness (QED) is 0.834. The minimum Gasteiger partial charge on any atom is -0.380 e. The van der Waals surface area contributed by atoms with Crippen molar-refractivity contribution >= 4 is 33.0 Å². The maximum Gasteiger partial charge on any atom is 0.416 e. The number of nitrogens with one attached hydrogen (secondary N) is 1. The van der Waals surface area contributed by atoms with Crippen LogP contribution in [0.15, 0.2) is 34.1 Å². The van der Waals surface area contributed by atoms with Crippen LogP contribution in [-0.4, -0.2) is 0 Å². The zero-order valence-electron chi connectivity index (χ0n) is 9.96. The molecular formula is C13H8BrF3N2S. The van der Waals surface area contributed by atoms with Crippen molar-refractivity contribution in [1.82, 2.24) is 0 Å². The molecule has 2 aromatic rings. The van der Waals surface area contributed by atoms with E-state index in [0.29, 0.717) is 22.3 Å². The summed E-state index contributed by atoms with van der Waals surface area (Å²) in [6.45, 7) is 0.375. The average molecular weight is 361 g/mol. The number of halogens is 4. The Hall–Kier alpha value is -1.52. The van der Waals surface area contributed by atoms with Crippen molar-refractivity contribution in [2.45, 2.75) is 12.7 Å². The van der Waals surface area contributed by atoms with Crippen LogP contribution in [0.1, 0.15) is 16.0 Å². The van der Waals surface area contributed by atoms with Crippen molar-refractivity contribution in [3.8, 4) is 6.07 Å². The van der Waals surface area contributed by atoms with Crippen LogP contribution in [0.2, 0.25) is 0 Å². The Labute approximate surface area is 126 Å². The first kappa shape index (κ1) is 14.9.